The molecular weight excluding hydrogens is 618 g/mol. The number of fused-ring (bicyclic) bond motifs is 1. The Labute approximate surface area is 291 Å². The largest absolute Gasteiger partial charge is 0.481 e. The van der Waals surface area contributed by atoms with Crippen LogP contribution in [0.2, 0.25) is 0 Å². The number of aliphatic carboxylic acids is 1. The number of aryl methyl sites for hydroxylation is 1. The number of hydrogen-bond donors (Lipinski definition) is 3. The van der Waals surface area contributed by atoms with Crippen molar-refractivity contribution in [2.75, 3.05) is 10.6 Å². The van der Waals surface area contributed by atoms with Crippen LogP contribution in [-0.4, -0.2) is 21.6 Å². The smallest absolute Gasteiger partial charge is 0.303 e. The maximum atomic E-state index is 14.4. The van der Waals surface area contributed by atoms with E-state index < -0.39 is 5.97 Å². The Balaban J connectivity index is 0.00000520. The maximum absolute atomic E-state index is 14.4. The van der Waals surface area contributed by atoms with Gasteiger partial charge in [-0.3, -0.25) is 14.2 Å². The van der Waals surface area contributed by atoms with Crippen molar-refractivity contribution >= 4 is 46.6 Å². The molecule has 0 atom stereocenters. The fourth-order valence-electron chi connectivity index (χ4n) is 6.16. The summed E-state index contributed by atoms with van der Waals surface area (Å²) in [5.41, 5.74) is 8.93. The quantitative estimate of drug-likeness (QED) is 0.104. The second-order valence-electron chi connectivity index (χ2n) is 13.4. The fraction of sp³-hybridized carbons (Fsp3) is 0.317. The van der Waals surface area contributed by atoms with E-state index in [4.69, 9.17) is 0 Å². The van der Waals surface area contributed by atoms with Crippen molar-refractivity contribution in [2.24, 2.45) is 11.8 Å². The van der Waals surface area contributed by atoms with Crippen molar-refractivity contribution in [1.82, 2.24) is 4.57 Å². The van der Waals surface area contributed by atoms with E-state index >= 15 is 0 Å². The lowest BCUT2D eigenvalue weighted by molar-refractivity contribution is -0.137. The molecule has 0 unspecified atom stereocenters. The number of rotatable bonds is 15. The standard InChI is InChI=1S/C41H47N3O3.ClH/c1-28(2)23-30-15-19-32(20-16-30)25-42-37-12-8-11-36(40(37)43-26-33-21-17-31(18-22-33)24-29(3)4)41(47)44-27-34(9-7-14-39(45)46)35-10-5-6-13-38(35)44;/h5-6,8,10-13,15-22,27-29,42-43H,7,9,14,23-26H2,1-4H3,(H,45,46);1H. The SMILES string of the molecule is CC(C)Cc1ccc(CNc2cccc(C(=O)n3cc(CCCC(=O)O)c4ccccc43)c2NCc2ccc(CC(C)C)cc2)cc1.Cl. The van der Waals surface area contributed by atoms with E-state index in [1.54, 1.807) is 4.57 Å². The number of nitrogens with one attached hydrogen (secondary N) is 2. The molecule has 5 aromatic rings. The molecular formula is C41H48ClN3O3. The van der Waals surface area contributed by atoms with Gasteiger partial charge in [0.1, 0.15) is 0 Å². The van der Waals surface area contributed by atoms with Crippen molar-refractivity contribution < 1.29 is 14.7 Å². The molecule has 0 aliphatic carbocycles. The van der Waals surface area contributed by atoms with Gasteiger partial charge in [0.05, 0.1) is 22.5 Å². The Morgan fingerprint density at radius 3 is 1.85 bits per heavy atom. The third-order valence-corrected chi connectivity index (χ3v) is 8.43. The highest BCUT2D eigenvalue weighted by atomic mass is 35.5. The summed E-state index contributed by atoms with van der Waals surface area (Å²) in [6.07, 6.45) is 5.17. The summed E-state index contributed by atoms with van der Waals surface area (Å²) < 4.78 is 1.71. The van der Waals surface area contributed by atoms with E-state index in [1.807, 2.05) is 48.7 Å². The highest BCUT2D eigenvalue weighted by Gasteiger charge is 2.20. The number of carboxylic acids is 1. The normalized spacial score (nSPS) is 11.1. The van der Waals surface area contributed by atoms with Gasteiger partial charge in [0.15, 0.2) is 0 Å². The van der Waals surface area contributed by atoms with Crippen LogP contribution < -0.4 is 10.6 Å². The van der Waals surface area contributed by atoms with Gasteiger partial charge in [-0.2, -0.15) is 0 Å². The average molecular weight is 666 g/mol. The highest BCUT2D eigenvalue weighted by Crippen LogP contribution is 2.31. The van der Waals surface area contributed by atoms with Crippen LogP contribution in [-0.2, 0) is 37.1 Å². The predicted octanol–water partition coefficient (Wildman–Crippen LogP) is 9.78. The van der Waals surface area contributed by atoms with E-state index in [9.17, 15) is 14.7 Å². The average Bonchev–Trinajstić information content (AvgIpc) is 3.41. The molecule has 48 heavy (non-hydrogen) atoms. The minimum absolute atomic E-state index is 0. The van der Waals surface area contributed by atoms with Crippen LogP contribution in [0.4, 0.5) is 11.4 Å². The molecule has 0 radical (unpaired) electrons. The van der Waals surface area contributed by atoms with Gasteiger partial charge < -0.3 is 15.7 Å². The number of carbonyl (C=O) groups excluding carboxylic acids is 1. The van der Waals surface area contributed by atoms with Crippen molar-refractivity contribution in [2.45, 2.75) is 72.9 Å². The number of carboxylic acid groups (broad SMARTS) is 1. The van der Waals surface area contributed by atoms with E-state index in [2.05, 4.69) is 86.9 Å². The third kappa shape index (κ3) is 9.51. The first-order chi connectivity index (χ1) is 22.7. The molecule has 5 rings (SSSR count). The Morgan fingerprint density at radius 1 is 0.708 bits per heavy atom. The van der Waals surface area contributed by atoms with Crippen LogP contribution in [0.1, 0.15) is 78.7 Å². The van der Waals surface area contributed by atoms with Crippen molar-refractivity contribution in [3.63, 3.8) is 0 Å². The summed E-state index contributed by atoms with van der Waals surface area (Å²) in [7, 11) is 0. The Morgan fingerprint density at radius 2 is 1.27 bits per heavy atom. The molecule has 4 aromatic carbocycles. The zero-order chi connectivity index (χ0) is 33.3. The van der Waals surface area contributed by atoms with Gasteiger partial charge >= 0.3 is 5.97 Å². The van der Waals surface area contributed by atoms with E-state index in [-0.39, 0.29) is 24.7 Å². The minimum Gasteiger partial charge on any atom is -0.481 e. The number of para-hydroxylation sites is 2. The van der Waals surface area contributed by atoms with E-state index in [0.717, 1.165) is 46.2 Å². The summed E-state index contributed by atoms with van der Waals surface area (Å²) >= 11 is 0. The molecule has 0 aliphatic rings. The molecule has 1 aromatic heterocycles. The molecule has 0 saturated carbocycles. The second-order valence-corrected chi connectivity index (χ2v) is 13.4. The summed E-state index contributed by atoms with van der Waals surface area (Å²) in [6, 6.07) is 31.1. The van der Waals surface area contributed by atoms with Crippen molar-refractivity contribution in [3.05, 3.63) is 131 Å². The van der Waals surface area contributed by atoms with Crippen molar-refractivity contribution in [1.29, 1.82) is 0 Å². The van der Waals surface area contributed by atoms with Crippen LogP contribution in [0.3, 0.4) is 0 Å². The van der Waals surface area contributed by atoms with Gasteiger partial charge in [-0.25, -0.2) is 0 Å². The number of nitrogens with zero attached hydrogens (tertiary/aromatic N) is 1. The number of anilines is 2. The number of aromatic nitrogens is 1. The minimum atomic E-state index is -0.814. The van der Waals surface area contributed by atoms with Gasteiger partial charge in [0.2, 0.25) is 0 Å². The number of benzene rings is 4. The Bertz CT molecular complexity index is 1810. The zero-order valence-electron chi connectivity index (χ0n) is 28.5. The molecule has 6 nitrogen and oxygen atoms in total. The van der Waals surface area contributed by atoms with Crippen LogP contribution >= 0.6 is 12.4 Å². The topological polar surface area (TPSA) is 83.4 Å². The van der Waals surface area contributed by atoms with Crippen LogP contribution in [0, 0.1) is 11.8 Å². The molecule has 3 N–H and O–H groups in total. The molecule has 0 amide bonds. The predicted molar refractivity (Wildman–Crippen MR) is 201 cm³/mol. The lowest BCUT2D eigenvalue weighted by Gasteiger charge is -2.18. The van der Waals surface area contributed by atoms with Gasteiger partial charge in [-0.1, -0.05) is 100 Å². The molecule has 1 heterocycles. The zero-order valence-corrected chi connectivity index (χ0v) is 29.3. The molecule has 0 fully saturated rings. The number of halogens is 1. The lowest BCUT2D eigenvalue weighted by Crippen LogP contribution is -2.16. The number of carbonyl (C=O) groups is 2. The monoisotopic (exact) mass is 665 g/mol. The summed E-state index contributed by atoms with van der Waals surface area (Å²) in [5.74, 6) is 0.255. The first kappa shape index (κ1) is 36.3. The molecule has 0 bridgehead atoms. The van der Waals surface area contributed by atoms with Crippen LogP contribution in [0.15, 0.2) is 97.2 Å². The van der Waals surface area contributed by atoms with Crippen LogP contribution in [0.25, 0.3) is 10.9 Å². The third-order valence-electron chi connectivity index (χ3n) is 8.43. The van der Waals surface area contributed by atoms with Crippen molar-refractivity contribution in [3.8, 4) is 0 Å². The fourth-order valence-corrected chi connectivity index (χ4v) is 6.16. The highest BCUT2D eigenvalue weighted by molar-refractivity contribution is 6.08. The van der Waals surface area contributed by atoms with Gasteiger partial charge in [0.25, 0.3) is 5.91 Å². The molecule has 0 saturated heterocycles. The number of hydrogen-bond acceptors (Lipinski definition) is 4. The maximum Gasteiger partial charge on any atom is 0.303 e. The molecule has 0 spiro atoms. The lowest BCUT2D eigenvalue weighted by atomic mass is 10.0. The summed E-state index contributed by atoms with van der Waals surface area (Å²) in [4.78, 5) is 25.6. The van der Waals surface area contributed by atoms with E-state index in [1.165, 1.54) is 16.7 Å². The Kier molecular flexibility index (Phi) is 12.9. The van der Waals surface area contributed by atoms with Crippen LogP contribution in [0.5, 0.6) is 0 Å². The second kappa shape index (κ2) is 17.0. The first-order valence-corrected chi connectivity index (χ1v) is 16.8. The first-order valence-electron chi connectivity index (χ1n) is 16.8. The molecule has 7 heteroatoms. The van der Waals surface area contributed by atoms with Gasteiger partial charge in [-0.05, 0) is 83.5 Å². The van der Waals surface area contributed by atoms with Gasteiger partial charge in [-0.15, -0.1) is 12.4 Å². The van der Waals surface area contributed by atoms with E-state index in [0.29, 0.717) is 43.3 Å². The molecule has 252 valence electrons. The summed E-state index contributed by atoms with van der Waals surface area (Å²) in [6.45, 7) is 10.1. The molecule has 0 aliphatic heterocycles. The summed E-state index contributed by atoms with van der Waals surface area (Å²) in [5, 5.41) is 17.4. The Hall–Kier alpha value is -4.55. The van der Waals surface area contributed by atoms with Gasteiger partial charge in [0, 0.05) is 31.1 Å².